The van der Waals surface area contributed by atoms with Gasteiger partial charge in [0, 0.05) is 37.7 Å². The van der Waals surface area contributed by atoms with Crippen LogP contribution in [0.1, 0.15) is 23.7 Å². The number of ether oxygens (including phenoxy) is 2. The van der Waals surface area contributed by atoms with Gasteiger partial charge in [-0.2, -0.15) is 5.10 Å². The Morgan fingerprint density at radius 1 is 1.15 bits per heavy atom. The number of aromatic nitrogens is 5. The highest BCUT2D eigenvalue weighted by atomic mass is 19.1. The van der Waals surface area contributed by atoms with Gasteiger partial charge in [-0.3, -0.25) is 9.48 Å². The summed E-state index contributed by atoms with van der Waals surface area (Å²) >= 11 is 0. The third-order valence-corrected chi connectivity index (χ3v) is 6.44. The van der Waals surface area contributed by atoms with Crippen LogP contribution in [0.5, 0.6) is 11.5 Å². The Kier molecular flexibility index (Phi) is 6.81. The predicted octanol–water partition coefficient (Wildman–Crippen LogP) is 3.13. The molecule has 39 heavy (non-hydrogen) atoms. The van der Waals surface area contributed by atoms with E-state index in [2.05, 4.69) is 33.4 Å². The third kappa shape index (κ3) is 4.48. The molecule has 1 unspecified atom stereocenters. The van der Waals surface area contributed by atoms with Crippen molar-refractivity contribution in [2.75, 3.05) is 33.0 Å². The second kappa shape index (κ2) is 10.4. The molecule has 0 bridgehead atoms. The lowest BCUT2D eigenvalue weighted by Gasteiger charge is -2.16. The predicted molar refractivity (Wildman–Crippen MR) is 139 cm³/mol. The summed E-state index contributed by atoms with van der Waals surface area (Å²) in [4.78, 5) is 26.9. The van der Waals surface area contributed by atoms with E-state index < -0.39 is 17.2 Å². The largest absolute Gasteiger partial charge is 0.493 e. The van der Waals surface area contributed by atoms with E-state index in [4.69, 9.17) is 20.3 Å². The zero-order valence-electron chi connectivity index (χ0n) is 21.1. The average molecular weight is 532 g/mol. The summed E-state index contributed by atoms with van der Waals surface area (Å²) in [7, 11) is 2.51. The minimum atomic E-state index is -0.981. The zero-order chi connectivity index (χ0) is 27.7. The maximum Gasteiger partial charge on any atom is 0.246 e. The lowest BCUT2D eigenvalue weighted by atomic mass is 10.1. The Bertz CT molecular complexity index is 1630. The van der Waals surface area contributed by atoms with E-state index >= 15 is 0 Å². The maximum absolute atomic E-state index is 15.0. The second-order valence-corrected chi connectivity index (χ2v) is 8.61. The van der Waals surface area contributed by atoms with Gasteiger partial charge in [0.05, 0.1) is 36.7 Å². The van der Waals surface area contributed by atoms with Gasteiger partial charge in [-0.15, -0.1) is 0 Å². The van der Waals surface area contributed by atoms with E-state index in [1.807, 2.05) is 0 Å². The van der Waals surface area contributed by atoms with E-state index in [0.717, 1.165) is 6.07 Å². The fraction of sp³-hybridized carbons (Fsp3) is 0.222. The van der Waals surface area contributed by atoms with Crippen LogP contribution in [0.3, 0.4) is 0 Å². The molecule has 1 atom stereocenters. The fourth-order valence-electron chi connectivity index (χ4n) is 4.54. The first-order valence-corrected chi connectivity index (χ1v) is 11.8. The van der Waals surface area contributed by atoms with Gasteiger partial charge in [0.2, 0.25) is 5.91 Å². The van der Waals surface area contributed by atoms with Gasteiger partial charge in [0.25, 0.3) is 0 Å². The molecule has 0 aliphatic carbocycles. The van der Waals surface area contributed by atoms with Crippen molar-refractivity contribution < 1.29 is 23.0 Å². The number of halogens is 2. The van der Waals surface area contributed by atoms with Crippen molar-refractivity contribution in [1.82, 2.24) is 29.6 Å². The Morgan fingerprint density at radius 2 is 1.85 bits per heavy atom. The molecule has 1 aliphatic heterocycles. The number of carbonyl (C=O) groups excluding carboxylic acids is 1. The molecule has 1 amide bonds. The Labute approximate surface area is 222 Å². The number of benzene rings is 1. The molecule has 1 aromatic carbocycles. The van der Waals surface area contributed by atoms with Gasteiger partial charge in [0.15, 0.2) is 29.0 Å². The molecule has 198 valence electrons. The van der Waals surface area contributed by atoms with Gasteiger partial charge < -0.3 is 20.1 Å². The first-order chi connectivity index (χ1) is 18.9. The summed E-state index contributed by atoms with van der Waals surface area (Å²) in [5.41, 5.74) is 6.96. The number of amides is 1. The molecular weight excluding hydrogens is 508 g/mol. The molecule has 12 heteroatoms. The van der Waals surface area contributed by atoms with Crippen molar-refractivity contribution in [2.45, 2.75) is 12.5 Å². The SMILES string of the molecule is C=CC(=O)N1CCC(n2nc(C#Cc3c(F)c(OC)cc(OC)c3F)c3c(N)ncc(-c4ncccn4)c32)C1. The van der Waals surface area contributed by atoms with Crippen molar-refractivity contribution in [3.05, 3.63) is 66.3 Å². The van der Waals surface area contributed by atoms with Crippen molar-refractivity contribution >= 4 is 22.6 Å². The first-order valence-electron chi connectivity index (χ1n) is 11.8. The molecule has 4 heterocycles. The van der Waals surface area contributed by atoms with Crippen molar-refractivity contribution in [1.29, 1.82) is 0 Å². The Morgan fingerprint density at radius 3 is 2.49 bits per heavy atom. The van der Waals surface area contributed by atoms with Gasteiger partial charge in [-0.1, -0.05) is 12.5 Å². The highest BCUT2D eigenvalue weighted by Gasteiger charge is 2.30. The molecule has 1 saturated heterocycles. The monoisotopic (exact) mass is 531 g/mol. The number of hydrogen-bond acceptors (Lipinski definition) is 8. The molecule has 3 aromatic heterocycles. The lowest BCUT2D eigenvalue weighted by molar-refractivity contribution is -0.125. The van der Waals surface area contributed by atoms with Crippen LogP contribution in [0.15, 0.2) is 43.4 Å². The number of rotatable bonds is 5. The molecule has 4 aromatic rings. The smallest absolute Gasteiger partial charge is 0.246 e. The molecule has 5 rings (SSSR count). The number of carbonyl (C=O) groups is 1. The Hall–Kier alpha value is -5.05. The number of likely N-dealkylation sites (tertiary alicyclic amines) is 1. The minimum absolute atomic E-state index is 0.112. The number of hydrogen-bond donors (Lipinski definition) is 1. The van der Waals surface area contributed by atoms with Crippen molar-refractivity contribution in [3.63, 3.8) is 0 Å². The third-order valence-electron chi connectivity index (χ3n) is 6.44. The molecule has 1 fully saturated rings. The standard InChI is InChI=1S/C27H23F2N7O3/c1-4-21(37)35-11-8-15(14-35)36-25-17(27-31-9-5-10-32-27)13-33-26(30)22(25)18(34-36)7-6-16-23(28)19(38-2)12-20(39-3)24(16)29/h4-5,9-10,12-13,15H,1,8,11,14H2,2-3H3,(H2,30,33). The van der Waals surface area contributed by atoms with Crippen LogP contribution in [0.4, 0.5) is 14.6 Å². The second-order valence-electron chi connectivity index (χ2n) is 8.61. The van der Waals surface area contributed by atoms with Crippen LogP contribution in [0, 0.1) is 23.5 Å². The summed E-state index contributed by atoms with van der Waals surface area (Å²) in [6.07, 6.45) is 6.58. The molecule has 0 radical (unpaired) electrons. The summed E-state index contributed by atoms with van der Waals surface area (Å²) in [6, 6.07) is 2.53. The summed E-state index contributed by atoms with van der Waals surface area (Å²) < 4.78 is 41.7. The number of methoxy groups -OCH3 is 2. The number of anilines is 1. The van der Waals surface area contributed by atoms with Gasteiger partial charge in [-0.25, -0.2) is 23.7 Å². The van der Waals surface area contributed by atoms with Gasteiger partial charge >= 0.3 is 0 Å². The molecule has 1 aliphatic rings. The van der Waals surface area contributed by atoms with E-state index in [0.29, 0.717) is 41.8 Å². The topological polar surface area (TPSA) is 121 Å². The Balaban J connectivity index is 1.73. The number of fused-ring (bicyclic) bond motifs is 1. The van der Waals surface area contributed by atoms with E-state index in [1.54, 1.807) is 28.0 Å². The van der Waals surface area contributed by atoms with Gasteiger partial charge in [-0.05, 0) is 24.5 Å². The van der Waals surface area contributed by atoms with Crippen LogP contribution in [0.2, 0.25) is 0 Å². The normalized spacial score (nSPS) is 14.7. The number of nitrogen functional groups attached to an aromatic ring is 1. The quantitative estimate of drug-likeness (QED) is 0.308. The van der Waals surface area contributed by atoms with E-state index in [-0.39, 0.29) is 35.0 Å². The summed E-state index contributed by atoms with van der Waals surface area (Å²) in [5.74, 6) is 3.18. The van der Waals surface area contributed by atoms with E-state index in [9.17, 15) is 13.6 Å². The van der Waals surface area contributed by atoms with Crippen molar-refractivity contribution in [3.8, 4) is 34.7 Å². The minimum Gasteiger partial charge on any atom is -0.493 e. The molecule has 0 spiro atoms. The van der Waals surface area contributed by atoms with Crippen LogP contribution in [0.25, 0.3) is 22.3 Å². The van der Waals surface area contributed by atoms with Crippen LogP contribution < -0.4 is 15.2 Å². The van der Waals surface area contributed by atoms with E-state index in [1.165, 1.54) is 26.5 Å². The van der Waals surface area contributed by atoms with Crippen LogP contribution in [-0.4, -0.2) is 62.8 Å². The lowest BCUT2D eigenvalue weighted by Crippen LogP contribution is -2.27. The number of nitrogens with zero attached hydrogens (tertiary/aromatic N) is 6. The summed E-state index contributed by atoms with van der Waals surface area (Å²) in [6.45, 7) is 4.42. The van der Waals surface area contributed by atoms with Crippen LogP contribution >= 0.6 is 0 Å². The highest BCUT2D eigenvalue weighted by Crippen LogP contribution is 2.36. The number of nitrogens with two attached hydrogens (primary N) is 1. The molecule has 10 nitrogen and oxygen atoms in total. The zero-order valence-corrected chi connectivity index (χ0v) is 21.1. The molecular formula is C27H23F2N7O3. The average Bonchev–Trinajstić information content (AvgIpc) is 3.59. The maximum atomic E-state index is 15.0. The van der Waals surface area contributed by atoms with Crippen molar-refractivity contribution in [2.24, 2.45) is 0 Å². The highest BCUT2D eigenvalue weighted by molar-refractivity contribution is 6.01. The van der Waals surface area contributed by atoms with Crippen LogP contribution in [-0.2, 0) is 4.79 Å². The number of pyridine rings is 1. The first kappa shape index (κ1) is 25.6. The summed E-state index contributed by atoms with van der Waals surface area (Å²) in [5, 5.41) is 5.07. The van der Waals surface area contributed by atoms with Gasteiger partial charge in [0.1, 0.15) is 17.1 Å². The molecule has 0 saturated carbocycles. The molecule has 2 N–H and O–H groups in total. The fourth-order valence-corrected chi connectivity index (χ4v) is 4.54.